The van der Waals surface area contributed by atoms with Gasteiger partial charge in [0.15, 0.2) is 5.76 Å². The molecule has 0 fully saturated rings. The summed E-state index contributed by atoms with van der Waals surface area (Å²) in [6.45, 7) is 5.74. The monoisotopic (exact) mass is 225 g/mol. The molecule has 16 heavy (non-hydrogen) atoms. The molecular formula is C12H19NO3. The van der Waals surface area contributed by atoms with Crippen LogP contribution < -0.4 is 5.32 Å². The highest BCUT2D eigenvalue weighted by Gasteiger charge is 2.16. The number of aliphatic hydroxyl groups is 1. The molecule has 1 amide bonds. The largest absolute Gasteiger partial charge is 0.456 e. The second-order valence-corrected chi connectivity index (χ2v) is 4.11. The van der Waals surface area contributed by atoms with Crippen LogP contribution in [-0.4, -0.2) is 23.7 Å². The summed E-state index contributed by atoms with van der Waals surface area (Å²) >= 11 is 0. The van der Waals surface area contributed by atoms with Crippen LogP contribution in [-0.2, 0) is 0 Å². The second-order valence-electron chi connectivity index (χ2n) is 4.11. The predicted octanol–water partition coefficient (Wildman–Crippen LogP) is 1.79. The van der Waals surface area contributed by atoms with E-state index in [1.807, 2.05) is 26.8 Å². The summed E-state index contributed by atoms with van der Waals surface area (Å²) in [6, 6.07) is 1.89. The van der Waals surface area contributed by atoms with E-state index >= 15 is 0 Å². The van der Waals surface area contributed by atoms with Crippen molar-refractivity contribution in [3.8, 4) is 0 Å². The highest BCUT2D eigenvalue weighted by molar-refractivity contribution is 5.93. The first-order valence-electron chi connectivity index (χ1n) is 5.53. The second kappa shape index (κ2) is 5.70. The molecule has 1 aromatic heterocycles. The third-order valence-corrected chi connectivity index (χ3v) is 2.42. The smallest absolute Gasteiger partial charge is 0.287 e. The van der Waals surface area contributed by atoms with Crippen molar-refractivity contribution in [3.05, 3.63) is 23.2 Å². The lowest BCUT2D eigenvalue weighted by Crippen LogP contribution is -2.32. The number of furan rings is 1. The van der Waals surface area contributed by atoms with E-state index in [0.717, 1.165) is 17.7 Å². The van der Waals surface area contributed by atoms with Gasteiger partial charge in [-0.15, -0.1) is 0 Å². The molecule has 1 unspecified atom stereocenters. The van der Waals surface area contributed by atoms with Gasteiger partial charge in [0.2, 0.25) is 0 Å². The fourth-order valence-electron chi connectivity index (χ4n) is 1.63. The van der Waals surface area contributed by atoms with Crippen molar-refractivity contribution in [2.24, 2.45) is 0 Å². The Kier molecular flexibility index (Phi) is 4.55. The Morgan fingerprint density at radius 3 is 2.75 bits per heavy atom. The zero-order valence-corrected chi connectivity index (χ0v) is 10.0. The van der Waals surface area contributed by atoms with Gasteiger partial charge < -0.3 is 14.8 Å². The molecule has 4 nitrogen and oxygen atoms in total. The SMILES string of the molecule is Cc1cc(C)c(C(=O)NC(C)CCCO)o1. The summed E-state index contributed by atoms with van der Waals surface area (Å²) in [4.78, 5) is 11.8. The number of carbonyl (C=O) groups is 1. The summed E-state index contributed by atoms with van der Waals surface area (Å²) in [5.74, 6) is 0.940. The normalized spacial score (nSPS) is 12.5. The molecule has 90 valence electrons. The van der Waals surface area contributed by atoms with Gasteiger partial charge in [-0.25, -0.2) is 0 Å². The lowest BCUT2D eigenvalue weighted by Gasteiger charge is -2.12. The van der Waals surface area contributed by atoms with E-state index < -0.39 is 0 Å². The zero-order chi connectivity index (χ0) is 12.1. The standard InChI is InChI=1S/C12H19NO3/c1-8-7-10(3)16-11(8)12(15)13-9(2)5-4-6-14/h7,9,14H,4-6H2,1-3H3,(H,13,15). The van der Waals surface area contributed by atoms with Crippen LogP contribution in [0.3, 0.4) is 0 Å². The maximum absolute atomic E-state index is 11.8. The van der Waals surface area contributed by atoms with Crippen LogP contribution in [0, 0.1) is 13.8 Å². The van der Waals surface area contributed by atoms with Gasteiger partial charge in [0, 0.05) is 18.2 Å². The van der Waals surface area contributed by atoms with Crippen LogP contribution in [0.4, 0.5) is 0 Å². The maximum atomic E-state index is 11.8. The van der Waals surface area contributed by atoms with Crippen molar-refractivity contribution in [2.45, 2.75) is 39.7 Å². The fourth-order valence-corrected chi connectivity index (χ4v) is 1.63. The van der Waals surface area contributed by atoms with E-state index in [0.29, 0.717) is 12.2 Å². The first-order valence-corrected chi connectivity index (χ1v) is 5.53. The molecule has 1 rings (SSSR count). The van der Waals surface area contributed by atoms with Crippen molar-refractivity contribution in [3.63, 3.8) is 0 Å². The Morgan fingerprint density at radius 2 is 2.25 bits per heavy atom. The predicted molar refractivity (Wildman–Crippen MR) is 61.4 cm³/mol. The number of amides is 1. The van der Waals surface area contributed by atoms with E-state index in [2.05, 4.69) is 5.32 Å². The Balaban J connectivity index is 2.55. The number of aliphatic hydroxyl groups excluding tert-OH is 1. The molecule has 0 spiro atoms. The Labute approximate surface area is 95.7 Å². The number of aryl methyl sites for hydroxylation is 2. The van der Waals surface area contributed by atoms with Gasteiger partial charge in [-0.2, -0.15) is 0 Å². The van der Waals surface area contributed by atoms with Crippen molar-refractivity contribution in [1.82, 2.24) is 5.32 Å². The van der Waals surface area contributed by atoms with Gasteiger partial charge in [0.1, 0.15) is 5.76 Å². The molecule has 0 saturated heterocycles. The van der Waals surface area contributed by atoms with Gasteiger partial charge in [-0.1, -0.05) is 0 Å². The summed E-state index contributed by atoms with van der Waals surface area (Å²) in [6.07, 6.45) is 1.46. The number of hydrogen-bond acceptors (Lipinski definition) is 3. The van der Waals surface area contributed by atoms with Gasteiger partial charge in [-0.05, 0) is 39.7 Å². The molecule has 2 N–H and O–H groups in total. The lowest BCUT2D eigenvalue weighted by molar-refractivity contribution is 0.0906. The molecular weight excluding hydrogens is 206 g/mol. The summed E-state index contributed by atoms with van der Waals surface area (Å²) < 4.78 is 5.32. The first-order chi connectivity index (χ1) is 7.54. The van der Waals surface area contributed by atoms with E-state index in [4.69, 9.17) is 9.52 Å². The third-order valence-electron chi connectivity index (χ3n) is 2.42. The van der Waals surface area contributed by atoms with Gasteiger partial charge in [-0.3, -0.25) is 4.79 Å². The molecule has 1 heterocycles. The molecule has 0 aliphatic heterocycles. The zero-order valence-electron chi connectivity index (χ0n) is 10.0. The molecule has 0 radical (unpaired) electrons. The fraction of sp³-hybridized carbons (Fsp3) is 0.583. The number of carbonyl (C=O) groups excluding carboxylic acids is 1. The molecule has 0 aliphatic rings. The Morgan fingerprint density at radius 1 is 1.56 bits per heavy atom. The minimum Gasteiger partial charge on any atom is -0.456 e. The summed E-state index contributed by atoms with van der Waals surface area (Å²) in [5, 5.41) is 11.5. The molecule has 0 bridgehead atoms. The van der Waals surface area contributed by atoms with Crippen LogP contribution >= 0.6 is 0 Å². The van der Waals surface area contributed by atoms with E-state index in [1.165, 1.54) is 0 Å². The molecule has 4 heteroatoms. The van der Waals surface area contributed by atoms with E-state index in [-0.39, 0.29) is 18.6 Å². The van der Waals surface area contributed by atoms with Crippen LogP contribution in [0.2, 0.25) is 0 Å². The quantitative estimate of drug-likeness (QED) is 0.803. The van der Waals surface area contributed by atoms with E-state index in [9.17, 15) is 4.79 Å². The topological polar surface area (TPSA) is 62.5 Å². The summed E-state index contributed by atoms with van der Waals surface area (Å²) in [5.41, 5.74) is 0.851. The van der Waals surface area contributed by atoms with Crippen LogP contribution in [0.15, 0.2) is 10.5 Å². The number of nitrogens with one attached hydrogen (secondary N) is 1. The molecule has 0 saturated carbocycles. The molecule has 1 atom stereocenters. The van der Waals surface area contributed by atoms with Gasteiger partial charge in [0.05, 0.1) is 0 Å². The Hall–Kier alpha value is -1.29. The van der Waals surface area contributed by atoms with Crippen molar-refractivity contribution in [1.29, 1.82) is 0 Å². The minimum atomic E-state index is -0.184. The summed E-state index contributed by atoms with van der Waals surface area (Å²) in [7, 11) is 0. The highest BCUT2D eigenvalue weighted by atomic mass is 16.3. The molecule has 1 aromatic rings. The lowest BCUT2D eigenvalue weighted by atomic mass is 10.2. The van der Waals surface area contributed by atoms with Crippen LogP contribution in [0.1, 0.15) is 41.6 Å². The number of rotatable bonds is 5. The average molecular weight is 225 g/mol. The van der Waals surface area contributed by atoms with Crippen LogP contribution in [0.25, 0.3) is 0 Å². The first kappa shape index (κ1) is 12.8. The molecule has 0 aliphatic carbocycles. The van der Waals surface area contributed by atoms with Crippen molar-refractivity contribution >= 4 is 5.91 Å². The van der Waals surface area contributed by atoms with Gasteiger partial charge >= 0.3 is 0 Å². The van der Waals surface area contributed by atoms with Crippen LogP contribution in [0.5, 0.6) is 0 Å². The minimum absolute atomic E-state index is 0.0458. The van der Waals surface area contributed by atoms with Gasteiger partial charge in [0.25, 0.3) is 5.91 Å². The van der Waals surface area contributed by atoms with Crippen molar-refractivity contribution in [2.75, 3.05) is 6.61 Å². The molecule has 0 aromatic carbocycles. The third kappa shape index (κ3) is 3.38. The van der Waals surface area contributed by atoms with Crippen molar-refractivity contribution < 1.29 is 14.3 Å². The maximum Gasteiger partial charge on any atom is 0.287 e. The average Bonchev–Trinajstić information content (AvgIpc) is 2.54. The highest BCUT2D eigenvalue weighted by Crippen LogP contribution is 2.13. The van der Waals surface area contributed by atoms with E-state index in [1.54, 1.807) is 0 Å². The number of hydrogen-bond donors (Lipinski definition) is 2. The Bertz CT molecular complexity index is 357.